The highest BCUT2D eigenvalue weighted by Crippen LogP contribution is 2.24. The summed E-state index contributed by atoms with van der Waals surface area (Å²) in [6.07, 6.45) is 4.49. The Morgan fingerprint density at radius 3 is 2.81 bits per heavy atom. The molecule has 0 spiro atoms. The molecule has 7 nitrogen and oxygen atoms in total. The van der Waals surface area contributed by atoms with Crippen LogP contribution in [0.1, 0.15) is 22.7 Å². The van der Waals surface area contributed by atoms with Gasteiger partial charge in [-0.2, -0.15) is 0 Å². The van der Waals surface area contributed by atoms with Gasteiger partial charge in [-0.1, -0.05) is 23.7 Å². The highest BCUT2D eigenvalue weighted by molar-refractivity contribution is 6.30. The van der Waals surface area contributed by atoms with Crippen molar-refractivity contribution in [3.63, 3.8) is 0 Å². The number of aliphatic imine (C=N–C) groups is 1. The first kappa shape index (κ1) is 18.3. The van der Waals surface area contributed by atoms with Crippen LogP contribution in [-0.4, -0.2) is 21.2 Å². The van der Waals surface area contributed by atoms with Gasteiger partial charge in [0.05, 0.1) is 16.8 Å². The molecule has 1 N–H and O–H groups in total. The Bertz CT molecular complexity index is 1060. The highest BCUT2D eigenvalue weighted by Gasteiger charge is 2.09. The molecule has 0 bridgehead atoms. The summed E-state index contributed by atoms with van der Waals surface area (Å²) in [4.78, 5) is 18.7. The number of nitro groups is 1. The molecule has 0 saturated heterocycles. The highest BCUT2D eigenvalue weighted by atomic mass is 35.5. The zero-order chi connectivity index (χ0) is 19.4. The number of oxazole rings is 1. The number of hydrogen-bond acceptors (Lipinski definition) is 6. The van der Waals surface area contributed by atoms with E-state index in [1.165, 1.54) is 24.4 Å². The summed E-state index contributed by atoms with van der Waals surface area (Å²) < 4.78 is 5.16. The Morgan fingerprint density at radius 1 is 1.26 bits per heavy atom. The lowest BCUT2D eigenvalue weighted by Crippen LogP contribution is -1.87. The second-order valence-corrected chi connectivity index (χ2v) is 6.05. The minimum atomic E-state index is -0.471. The molecule has 0 radical (unpaired) electrons. The molecule has 0 saturated carbocycles. The van der Waals surface area contributed by atoms with E-state index in [1.807, 2.05) is 6.92 Å². The third-order valence-electron chi connectivity index (χ3n) is 3.64. The Morgan fingerprint density at radius 2 is 2.07 bits per heavy atom. The minimum absolute atomic E-state index is 0.0152. The van der Waals surface area contributed by atoms with Gasteiger partial charge in [0.15, 0.2) is 5.69 Å². The Balaban J connectivity index is 1.79. The van der Waals surface area contributed by atoms with Crippen LogP contribution in [0, 0.1) is 17.0 Å². The molecular formula is C19H14ClN3O4. The van der Waals surface area contributed by atoms with Gasteiger partial charge in [-0.15, -0.1) is 0 Å². The number of rotatable bonds is 5. The molecule has 0 amide bonds. The van der Waals surface area contributed by atoms with Crippen molar-refractivity contribution in [2.24, 2.45) is 4.99 Å². The number of nitrogens with zero attached hydrogens (tertiary/aromatic N) is 3. The Labute approximate surface area is 159 Å². The summed E-state index contributed by atoms with van der Waals surface area (Å²) in [7, 11) is 0. The molecule has 0 fully saturated rings. The van der Waals surface area contributed by atoms with Gasteiger partial charge in [-0.25, -0.2) is 4.98 Å². The van der Waals surface area contributed by atoms with Crippen molar-refractivity contribution in [1.29, 1.82) is 0 Å². The van der Waals surface area contributed by atoms with Gasteiger partial charge in [-0.05, 0) is 42.3 Å². The molecule has 0 aliphatic rings. The van der Waals surface area contributed by atoms with Crippen LogP contribution in [-0.2, 0) is 0 Å². The molecule has 0 atom stereocenters. The summed E-state index contributed by atoms with van der Waals surface area (Å²) in [6.45, 7) is 1.87. The molecule has 27 heavy (non-hydrogen) atoms. The number of aromatic hydroxyl groups is 1. The molecule has 8 heteroatoms. The van der Waals surface area contributed by atoms with E-state index < -0.39 is 4.92 Å². The fourth-order valence-electron chi connectivity index (χ4n) is 2.30. The van der Waals surface area contributed by atoms with Crippen LogP contribution < -0.4 is 0 Å². The zero-order valence-corrected chi connectivity index (χ0v) is 14.9. The normalized spacial score (nSPS) is 11.5. The van der Waals surface area contributed by atoms with Crippen LogP contribution in [0.25, 0.3) is 12.2 Å². The molecule has 1 aromatic heterocycles. The van der Waals surface area contributed by atoms with Gasteiger partial charge < -0.3 is 9.52 Å². The standard InChI is InChI=1S/C19H14ClN3O4/c1-12-9-14(20)6-7-16(12)21-11-17-19(24)27-18(22-17)8-5-13-3-2-4-15(10-13)23(25)26/h2-11,24H,1H3/b8-5+,21-11?. The number of aromatic nitrogens is 1. The van der Waals surface area contributed by atoms with E-state index in [0.29, 0.717) is 16.3 Å². The molecular weight excluding hydrogens is 370 g/mol. The van der Waals surface area contributed by atoms with Gasteiger partial charge in [-0.3, -0.25) is 15.1 Å². The third kappa shape index (κ3) is 4.59. The van der Waals surface area contributed by atoms with Crippen LogP contribution in [0.15, 0.2) is 51.9 Å². The van der Waals surface area contributed by atoms with Gasteiger partial charge in [0.2, 0.25) is 5.89 Å². The van der Waals surface area contributed by atoms with Crippen LogP contribution in [0.5, 0.6) is 5.95 Å². The van der Waals surface area contributed by atoms with Crippen molar-refractivity contribution in [1.82, 2.24) is 4.98 Å². The number of non-ortho nitro benzene ring substituents is 1. The van der Waals surface area contributed by atoms with Crippen molar-refractivity contribution in [3.8, 4) is 5.95 Å². The molecule has 0 unspecified atom stereocenters. The fraction of sp³-hybridized carbons (Fsp3) is 0.0526. The van der Waals surface area contributed by atoms with Crippen molar-refractivity contribution >= 4 is 41.3 Å². The first-order valence-corrected chi connectivity index (χ1v) is 8.23. The topological polar surface area (TPSA) is 102 Å². The SMILES string of the molecule is Cc1cc(Cl)ccc1N=Cc1nc(/C=C/c2cccc([N+](=O)[O-])c2)oc1O. The van der Waals surface area contributed by atoms with Crippen molar-refractivity contribution in [3.05, 3.63) is 80.3 Å². The summed E-state index contributed by atoms with van der Waals surface area (Å²) in [5.41, 5.74) is 2.33. The lowest BCUT2D eigenvalue weighted by molar-refractivity contribution is -0.384. The van der Waals surface area contributed by atoms with E-state index in [1.54, 1.807) is 36.4 Å². The largest absolute Gasteiger partial charge is 0.479 e. The zero-order valence-electron chi connectivity index (χ0n) is 14.2. The van der Waals surface area contributed by atoms with Crippen molar-refractivity contribution < 1.29 is 14.4 Å². The second-order valence-electron chi connectivity index (χ2n) is 5.62. The van der Waals surface area contributed by atoms with E-state index >= 15 is 0 Å². The predicted octanol–water partition coefficient (Wildman–Crippen LogP) is 5.17. The molecule has 1 heterocycles. The first-order chi connectivity index (χ1) is 12.9. The summed E-state index contributed by atoms with van der Waals surface area (Å²) >= 11 is 5.91. The lowest BCUT2D eigenvalue weighted by Gasteiger charge is -1.99. The Kier molecular flexibility index (Phi) is 5.33. The van der Waals surface area contributed by atoms with Crippen LogP contribution in [0.2, 0.25) is 5.02 Å². The predicted molar refractivity (Wildman–Crippen MR) is 104 cm³/mol. The van der Waals surface area contributed by atoms with Crippen molar-refractivity contribution in [2.45, 2.75) is 6.92 Å². The van der Waals surface area contributed by atoms with Crippen molar-refractivity contribution in [2.75, 3.05) is 0 Å². The van der Waals surface area contributed by atoms with Crippen LogP contribution >= 0.6 is 11.6 Å². The van der Waals surface area contributed by atoms with E-state index in [2.05, 4.69) is 9.98 Å². The molecule has 136 valence electrons. The van der Waals surface area contributed by atoms with E-state index in [9.17, 15) is 15.2 Å². The quantitative estimate of drug-likeness (QED) is 0.372. The van der Waals surface area contributed by atoms with Gasteiger partial charge in [0, 0.05) is 23.2 Å². The Hall–Kier alpha value is -3.45. The average molecular weight is 384 g/mol. The molecule has 2 aromatic carbocycles. The number of hydrogen-bond donors (Lipinski definition) is 1. The van der Waals surface area contributed by atoms with Gasteiger partial charge in [0.25, 0.3) is 5.69 Å². The summed E-state index contributed by atoms with van der Waals surface area (Å²) in [5, 5.41) is 21.3. The summed E-state index contributed by atoms with van der Waals surface area (Å²) in [5.74, 6) is -0.225. The second kappa shape index (κ2) is 7.84. The minimum Gasteiger partial charge on any atom is -0.479 e. The number of aryl methyl sites for hydroxylation is 1. The molecule has 0 aliphatic heterocycles. The number of nitro benzene ring substituents is 1. The van der Waals surface area contributed by atoms with E-state index in [4.69, 9.17) is 16.0 Å². The van der Waals surface area contributed by atoms with Crippen LogP contribution in [0.3, 0.4) is 0 Å². The molecule has 3 aromatic rings. The maximum Gasteiger partial charge on any atom is 0.312 e. The van der Waals surface area contributed by atoms with E-state index in [0.717, 1.165) is 5.56 Å². The van der Waals surface area contributed by atoms with Gasteiger partial charge in [0.1, 0.15) is 0 Å². The lowest BCUT2D eigenvalue weighted by atomic mass is 10.2. The number of benzene rings is 2. The van der Waals surface area contributed by atoms with E-state index in [-0.39, 0.29) is 23.2 Å². The fourth-order valence-corrected chi connectivity index (χ4v) is 2.53. The monoisotopic (exact) mass is 383 g/mol. The average Bonchev–Trinajstić information content (AvgIpc) is 2.99. The smallest absolute Gasteiger partial charge is 0.312 e. The molecule has 0 aliphatic carbocycles. The van der Waals surface area contributed by atoms with Gasteiger partial charge >= 0.3 is 5.95 Å². The van der Waals surface area contributed by atoms with Crippen LogP contribution in [0.4, 0.5) is 11.4 Å². The molecule has 3 rings (SSSR count). The maximum absolute atomic E-state index is 10.8. The summed E-state index contributed by atoms with van der Waals surface area (Å²) in [6, 6.07) is 11.4. The third-order valence-corrected chi connectivity index (χ3v) is 3.87. The maximum atomic E-state index is 10.8. The number of halogens is 1. The first-order valence-electron chi connectivity index (χ1n) is 7.85.